The van der Waals surface area contributed by atoms with Crippen molar-refractivity contribution in [3.05, 3.63) is 23.2 Å². The fraction of sp³-hybridized carbons (Fsp3) is 0. The van der Waals surface area contributed by atoms with Crippen molar-refractivity contribution in [3.8, 4) is 0 Å². The summed E-state index contributed by atoms with van der Waals surface area (Å²) in [7, 11) is 13.3. The molecule has 0 aliphatic carbocycles. The Kier molecular flexibility index (Phi) is 4.24. The van der Waals surface area contributed by atoms with Crippen molar-refractivity contribution in [2.45, 2.75) is 9.79 Å². The van der Waals surface area contributed by atoms with Crippen LogP contribution in [0.1, 0.15) is 0 Å². The number of rotatable bonds is 2. The Morgan fingerprint density at radius 1 is 1.09 bits per heavy atom. The zero-order valence-electron chi connectivity index (χ0n) is 5.18. The molecule has 0 unspecified atom stereocenters. The molecule has 5 heteroatoms. The molecule has 0 saturated carbocycles. The lowest BCUT2D eigenvalue weighted by Crippen LogP contribution is -1.72. The standard InChI is InChI=1S/C6H3Cl3S2/c7-5-2-1-4(10-8)3-6(5)11-9/h1-3H. The monoisotopic (exact) mass is 244 g/mol. The van der Waals surface area contributed by atoms with Crippen molar-refractivity contribution in [3.63, 3.8) is 0 Å². The molecule has 0 aliphatic heterocycles. The van der Waals surface area contributed by atoms with Gasteiger partial charge in [0.1, 0.15) is 0 Å². The van der Waals surface area contributed by atoms with E-state index in [1.807, 2.05) is 12.1 Å². The van der Waals surface area contributed by atoms with E-state index in [1.165, 1.54) is 0 Å². The van der Waals surface area contributed by atoms with E-state index in [1.54, 1.807) is 6.07 Å². The first-order chi connectivity index (χ1) is 5.27. The first-order valence-corrected chi connectivity index (χ1v) is 6.31. The minimum atomic E-state index is 0.652. The van der Waals surface area contributed by atoms with Crippen LogP contribution >= 0.6 is 54.9 Å². The van der Waals surface area contributed by atoms with Crippen molar-refractivity contribution in [2.75, 3.05) is 0 Å². The highest BCUT2D eigenvalue weighted by Crippen LogP contribution is 2.34. The molecule has 0 fully saturated rings. The summed E-state index contributed by atoms with van der Waals surface area (Å²) < 4.78 is 0. The van der Waals surface area contributed by atoms with Crippen LogP contribution in [0.4, 0.5) is 0 Å². The third-order valence-corrected chi connectivity index (χ3v) is 3.49. The smallest absolute Gasteiger partial charge is 0.0554 e. The summed E-state index contributed by atoms with van der Waals surface area (Å²) in [5.74, 6) is 0. The summed E-state index contributed by atoms with van der Waals surface area (Å²) >= 11 is 5.80. The summed E-state index contributed by atoms with van der Waals surface area (Å²) in [5, 5.41) is 0.652. The summed E-state index contributed by atoms with van der Waals surface area (Å²) in [5.41, 5.74) is 0. The Hall–Kier alpha value is 0.790. The second kappa shape index (κ2) is 4.73. The van der Waals surface area contributed by atoms with E-state index in [0.717, 1.165) is 31.7 Å². The molecule has 0 spiro atoms. The van der Waals surface area contributed by atoms with Crippen LogP contribution < -0.4 is 0 Å². The lowest BCUT2D eigenvalue weighted by atomic mass is 10.4. The van der Waals surface area contributed by atoms with Gasteiger partial charge in [0, 0.05) is 9.79 Å². The summed E-state index contributed by atoms with van der Waals surface area (Å²) in [6, 6.07) is 5.46. The van der Waals surface area contributed by atoms with Crippen LogP contribution in [0.5, 0.6) is 0 Å². The molecule has 0 atom stereocenters. The van der Waals surface area contributed by atoms with Crippen molar-refractivity contribution < 1.29 is 0 Å². The first kappa shape index (κ1) is 9.87. The van der Waals surface area contributed by atoms with E-state index in [9.17, 15) is 0 Å². The van der Waals surface area contributed by atoms with E-state index >= 15 is 0 Å². The van der Waals surface area contributed by atoms with Crippen LogP contribution in [0.25, 0.3) is 0 Å². The molecular formula is C6H3Cl3S2. The van der Waals surface area contributed by atoms with Gasteiger partial charge in [0.05, 0.1) is 5.02 Å². The van der Waals surface area contributed by atoms with Gasteiger partial charge >= 0.3 is 0 Å². The zero-order valence-corrected chi connectivity index (χ0v) is 9.08. The molecule has 1 rings (SSSR count). The minimum Gasteiger partial charge on any atom is -0.0831 e. The van der Waals surface area contributed by atoms with Crippen LogP contribution in [0, 0.1) is 0 Å². The van der Waals surface area contributed by atoms with E-state index in [4.69, 9.17) is 33.0 Å². The second-order valence-electron chi connectivity index (χ2n) is 1.75. The molecule has 0 amide bonds. The second-order valence-corrected chi connectivity index (χ2v) is 4.30. The molecule has 0 nitrogen and oxygen atoms in total. The van der Waals surface area contributed by atoms with Gasteiger partial charge in [-0.05, 0) is 61.5 Å². The van der Waals surface area contributed by atoms with Crippen LogP contribution in [0.3, 0.4) is 0 Å². The molecule has 60 valence electrons. The highest BCUT2D eigenvalue weighted by atomic mass is 35.7. The van der Waals surface area contributed by atoms with Gasteiger partial charge in [-0.1, -0.05) is 11.6 Å². The topological polar surface area (TPSA) is 0 Å². The Labute approximate surface area is 87.6 Å². The fourth-order valence-electron chi connectivity index (χ4n) is 0.591. The Morgan fingerprint density at radius 2 is 1.82 bits per heavy atom. The average molecular weight is 246 g/mol. The molecule has 11 heavy (non-hydrogen) atoms. The van der Waals surface area contributed by atoms with Crippen molar-refractivity contribution in [1.29, 1.82) is 0 Å². The van der Waals surface area contributed by atoms with E-state index in [2.05, 4.69) is 0 Å². The molecule has 0 radical (unpaired) electrons. The number of benzene rings is 1. The van der Waals surface area contributed by atoms with E-state index < -0.39 is 0 Å². The van der Waals surface area contributed by atoms with E-state index in [0.29, 0.717) is 5.02 Å². The number of hydrogen-bond acceptors (Lipinski definition) is 2. The minimum absolute atomic E-state index is 0.652. The SMILES string of the molecule is ClSc1ccc(Cl)c(SCl)c1. The molecule has 0 bridgehead atoms. The van der Waals surface area contributed by atoms with Gasteiger partial charge in [0.25, 0.3) is 0 Å². The molecule has 1 aromatic rings. The van der Waals surface area contributed by atoms with Gasteiger partial charge in [-0.3, -0.25) is 0 Å². The van der Waals surface area contributed by atoms with Gasteiger partial charge < -0.3 is 0 Å². The average Bonchev–Trinajstić information content (AvgIpc) is 2.05. The molecule has 1 aromatic carbocycles. The Morgan fingerprint density at radius 3 is 2.36 bits per heavy atom. The van der Waals surface area contributed by atoms with Gasteiger partial charge in [-0.25, -0.2) is 0 Å². The largest absolute Gasteiger partial charge is 0.0831 e. The first-order valence-electron chi connectivity index (χ1n) is 2.64. The third kappa shape index (κ3) is 2.63. The number of hydrogen-bond donors (Lipinski definition) is 0. The van der Waals surface area contributed by atoms with Crippen LogP contribution in [0.2, 0.25) is 5.02 Å². The quantitative estimate of drug-likeness (QED) is 0.732. The predicted molar refractivity (Wildman–Crippen MR) is 54.9 cm³/mol. The predicted octanol–water partition coefficient (Wildman–Crippen LogP) is 4.83. The summed E-state index contributed by atoms with van der Waals surface area (Å²) in [6.45, 7) is 0. The van der Waals surface area contributed by atoms with Gasteiger partial charge in [0.2, 0.25) is 0 Å². The van der Waals surface area contributed by atoms with Crippen LogP contribution in [-0.4, -0.2) is 0 Å². The molecular weight excluding hydrogens is 243 g/mol. The Balaban J connectivity index is 3.02. The molecule has 0 N–H and O–H groups in total. The van der Waals surface area contributed by atoms with Crippen molar-refractivity contribution in [1.82, 2.24) is 0 Å². The highest BCUT2D eigenvalue weighted by molar-refractivity contribution is 8.21. The lowest BCUT2D eigenvalue weighted by molar-refractivity contribution is 1.35. The zero-order chi connectivity index (χ0) is 8.27. The summed E-state index contributed by atoms with van der Waals surface area (Å²) in [6.07, 6.45) is 0. The van der Waals surface area contributed by atoms with Gasteiger partial charge in [-0.15, -0.1) is 0 Å². The summed E-state index contributed by atoms with van der Waals surface area (Å²) in [4.78, 5) is 1.78. The van der Waals surface area contributed by atoms with Gasteiger partial charge in [-0.2, -0.15) is 0 Å². The Bertz CT molecular complexity index is 252. The molecule has 0 aromatic heterocycles. The highest BCUT2D eigenvalue weighted by Gasteiger charge is 2.00. The maximum absolute atomic E-state index is 5.80. The molecule has 0 aliphatic rings. The fourth-order valence-corrected chi connectivity index (χ4v) is 2.28. The third-order valence-electron chi connectivity index (χ3n) is 1.07. The molecule has 0 heterocycles. The van der Waals surface area contributed by atoms with Crippen LogP contribution in [-0.2, 0) is 0 Å². The normalized spacial score (nSPS) is 10.1. The van der Waals surface area contributed by atoms with Crippen molar-refractivity contribution in [2.24, 2.45) is 0 Å². The van der Waals surface area contributed by atoms with Gasteiger partial charge in [0.15, 0.2) is 0 Å². The van der Waals surface area contributed by atoms with Crippen LogP contribution in [0.15, 0.2) is 28.0 Å². The maximum atomic E-state index is 5.80. The molecule has 0 saturated heterocycles. The number of halogens is 3. The maximum Gasteiger partial charge on any atom is 0.0554 e. The van der Waals surface area contributed by atoms with Crippen molar-refractivity contribution >= 4 is 54.9 Å². The van der Waals surface area contributed by atoms with E-state index in [-0.39, 0.29) is 0 Å². The lowest BCUT2D eigenvalue weighted by Gasteiger charge is -1.99.